The molecule has 74 valence electrons. The fourth-order valence-corrected chi connectivity index (χ4v) is 1.02. The second-order valence-corrected chi connectivity index (χ2v) is 3.89. The van der Waals surface area contributed by atoms with Gasteiger partial charge in [0.25, 0.3) is 0 Å². The highest BCUT2D eigenvalue weighted by atomic mass is 16.3. The first-order chi connectivity index (χ1) is 5.62. The molecule has 3 nitrogen and oxygen atoms in total. The van der Waals surface area contributed by atoms with Crippen LogP contribution in [-0.2, 0) is 0 Å². The van der Waals surface area contributed by atoms with Crippen molar-refractivity contribution >= 4 is 0 Å². The van der Waals surface area contributed by atoms with E-state index in [0.29, 0.717) is 0 Å². The number of hydrogen-bond donors (Lipinski definition) is 3. The molecule has 0 spiro atoms. The monoisotopic (exact) mass is 175 g/mol. The summed E-state index contributed by atoms with van der Waals surface area (Å²) in [6.07, 6.45) is 1.62. The van der Waals surface area contributed by atoms with Crippen molar-refractivity contribution in [3.63, 3.8) is 0 Å². The van der Waals surface area contributed by atoms with Crippen molar-refractivity contribution in [3.05, 3.63) is 0 Å². The van der Waals surface area contributed by atoms with Crippen LogP contribution in [0.1, 0.15) is 26.7 Å². The van der Waals surface area contributed by atoms with E-state index in [2.05, 4.69) is 19.2 Å². The zero-order valence-corrected chi connectivity index (χ0v) is 8.14. The molecule has 0 heterocycles. The van der Waals surface area contributed by atoms with E-state index in [1.54, 1.807) is 0 Å². The summed E-state index contributed by atoms with van der Waals surface area (Å²) in [4.78, 5) is 0. The molecule has 0 unspecified atom stereocenters. The van der Waals surface area contributed by atoms with Crippen molar-refractivity contribution in [2.45, 2.75) is 26.7 Å². The first-order valence-corrected chi connectivity index (χ1v) is 4.55. The highest BCUT2D eigenvalue weighted by Gasteiger charge is 2.15. The van der Waals surface area contributed by atoms with Crippen molar-refractivity contribution in [1.29, 1.82) is 0 Å². The molecule has 3 heteroatoms. The van der Waals surface area contributed by atoms with Crippen LogP contribution >= 0.6 is 0 Å². The summed E-state index contributed by atoms with van der Waals surface area (Å²) in [7, 11) is 0. The molecule has 0 saturated heterocycles. The van der Waals surface area contributed by atoms with Gasteiger partial charge in [0.15, 0.2) is 0 Å². The average Bonchev–Trinajstić information content (AvgIpc) is 1.98. The lowest BCUT2D eigenvalue weighted by Gasteiger charge is -2.23. The van der Waals surface area contributed by atoms with E-state index in [9.17, 15) is 0 Å². The predicted molar refractivity (Wildman–Crippen MR) is 50.1 cm³/mol. The predicted octanol–water partition coefficient (Wildman–Crippen LogP) is 0.367. The van der Waals surface area contributed by atoms with Crippen molar-refractivity contribution in [3.8, 4) is 0 Å². The average molecular weight is 175 g/mol. The molecule has 0 rings (SSSR count). The summed E-state index contributed by atoms with van der Waals surface area (Å²) < 4.78 is 0. The minimum absolute atomic E-state index is 0.157. The normalized spacial score (nSPS) is 12.0. The quantitative estimate of drug-likeness (QED) is 0.490. The summed E-state index contributed by atoms with van der Waals surface area (Å²) >= 11 is 0. The lowest BCUT2D eigenvalue weighted by molar-refractivity contribution is 0.205. The Morgan fingerprint density at radius 3 is 2.33 bits per heavy atom. The minimum atomic E-state index is 0.157. The first-order valence-electron chi connectivity index (χ1n) is 4.55. The van der Waals surface area contributed by atoms with Crippen LogP contribution in [0.5, 0.6) is 0 Å². The Labute approximate surface area is 74.8 Å². The van der Waals surface area contributed by atoms with Crippen molar-refractivity contribution < 1.29 is 10.2 Å². The molecule has 0 aromatic heterocycles. The van der Waals surface area contributed by atoms with E-state index in [-0.39, 0.29) is 18.6 Å². The highest BCUT2D eigenvalue weighted by molar-refractivity contribution is 4.70. The number of aliphatic hydroxyl groups is 2. The summed E-state index contributed by atoms with van der Waals surface area (Å²) in [6, 6.07) is 0. The van der Waals surface area contributed by atoms with E-state index in [1.807, 2.05) is 0 Å². The van der Waals surface area contributed by atoms with E-state index < -0.39 is 0 Å². The number of nitrogens with one attached hydrogen (secondary N) is 1. The fraction of sp³-hybridized carbons (Fsp3) is 1.00. The molecule has 0 fully saturated rings. The van der Waals surface area contributed by atoms with Crippen molar-refractivity contribution in [2.75, 3.05) is 26.3 Å². The SMILES string of the molecule is CC(C)(CCO)CNCCCO. The van der Waals surface area contributed by atoms with Gasteiger partial charge in [0.05, 0.1) is 0 Å². The Balaban J connectivity index is 3.33. The van der Waals surface area contributed by atoms with Gasteiger partial charge >= 0.3 is 0 Å². The van der Waals surface area contributed by atoms with Crippen LogP contribution in [-0.4, -0.2) is 36.5 Å². The van der Waals surface area contributed by atoms with Gasteiger partial charge in [-0.3, -0.25) is 0 Å². The first kappa shape index (κ1) is 11.9. The molecule has 0 aromatic rings. The van der Waals surface area contributed by atoms with Gasteiger partial charge in [-0.2, -0.15) is 0 Å². The molecule has 0 aromatic carbocycles. The zero-order chi connectivity index (χ0) is 9.45. The largest absolute Gasteiger partial charge is 0.396 e. The smallest absolute Gasteiger partial charge is 0.0443 e. The number of aliphatic hydroxyl groups excluding tert-OH is 2. The third kappa shape index (κ3) is 6.58. The maximum Gasteiger partial charge on any atom is 0.0443 e. The lowest BCUT2D eigenvalue weighted by atomic mass is 9.90. The van der Waals surface area contributed by atoms with Gasteiger partial charge in [-0.05, 0) is 24.8 Å². The topological polar surface area (TPSA) is 52.5 Å². The summed E-state index contributed by atoms with van der Waals surface area (Å²) in [5.41, 5.74) is 0.157. The van der Waals surface area contributed by atoms with Crippen LogP contribution in [0.15, 0.2) is 0 Å². The van der Waals surface area contributed by atoms with E-state index in [1.165, 1.54) is 0 Å². The van der Waals surface area contributed by atoms with Crippen LogP contribution < -0.4 is 5.32 Å². The Bertz CT molecular complexity index is 105. The number of rotatable bonds is 7. The summed E-state index contributed by atoms with van der Waals surface area (Å²) in [6.45, 7) is 6.48. The molecule has 0 aliphatic carbocycles. The van der Waals surface area contributed by atoms with E-state index in [4.69, 9.17) is 10.2 Å². The molecule has 3 N–H and O–H groups in total. The van der Waals surface area contributed by atoms with E-state index in [0.717, 1.165) is 25.9 Å². The van der Waals surface area contributed by atoms with Gasteiger partial charge in [0.1, 0.15) is 0 Å². The fourth-order valence-electron chi connectivity index (χ4n) is 1.02. The molecular weight excluding hydrogens is 154 g/mol. The van der Waals surface area contributed by atoms with Gasteiger partial charge in [0, 0.05) is 19.8 Å². The van der Waals surface area contributed by atoms with Gasteiger partial charge in [0.2, 0.25) is 0 Å². The van der Waals surface area contributed by atoms with Crippen LogP contribution in [0.4, 0.5) is 0 Å². The third-order valence-corrected chi connectivity index (χ3v) is 1.90. The molecule has 0 aliphatic rings. The zero-order valence-electron chi connectivity index (χ0n) is 8.14. The molecule has 0 aliphatic heterocycles. The molecule has 0 atom stereocenters. The van der Waals surface area contributed by atoms with Crippen molar-refractivity contribution in [2.24, 2.45) is 5.41 Å². The molecule has 0 amide bonds. The Kier molecular flexibility index (Phi) is 6.34. The molecule has 0 radical (unpaired) electrons. The van der Waals surface area contributed by atoms with Gasteiger partial charge in [-0.1, -0.05) is 13.8 Å². The summed E-state index contributed by atoms with van der Waals surface area (Å²) in [5, 5.41) is 20.5. The van der Waals surface area contributed by atoms with Crippen LogP contribution in [0, 0.1) is 5.41 Å². The molecule has 12 heavy (non-hydrogen) atoms. The van der Waals surface area contributed by atoms with Crippen LogP contribution in [0.25, 0.3) is 0 Å². The Morgan fingerprint density at radius 1 is 1.17 bits per heavy atom. The lowest BCUT2D eigenvalue weighted by Crippen LogP contribution is -2.31. The summed E-state index contributed by atoms with van der Waals surface area (Å²) in [5.74, 6) is 0. The minimum Gasteiger partial charge on any atom is -0.396 e. The third-order valence-electron chi connectivity index (χ3n) is 1.90. The van der Waals surface area contributed by atoms with E-state index >= 15 is 0 Å². The molecule has 0 saturated carbocycles. The van der Waals surface area contributed by atoms with Crippen LogP contribution in [0.2, 0.25) is 0 Å². The van der Waals surface area contributed by atoms with Gasteiger partial charge < -0.3 is 15.5 Å². The second-order valence-electron chi connectivity index (χ2n) is 3.89. The van der Waals surface area contributed by atoms with Crippen molar-refractivity contribution in [1.82, 2.24) is 5.32 Å². The molecule has 0 bridgehead atoms. The molecular formula is C9H21NO2. The Morgan fingerprint density at radius 2 is 1.83 bits per heavy atom. The standard InChI is InChI=1S/C9H21NO2/c1-9(2,4-7-12)8-10-5-3-6-11/h10-12H,3-8H2,1-2H3. The highest BCUT2D eigenvalue weighted by Crippen LogP contribution is 2.17. The second kappa shape index (κ2) is 6.40. The van der Waals surface area contributed by atoms with Gasteiger partial charge in [-0.15, -0.1) is 0 Å². The maximum absolute atomic E-state index is 8.74. The number of hydrogen-bond acceptors (Lipinski definition) is 3. The van der Waals surface area contributed by atoms with Gasteiger partial charge in [-0.25, -0.2) is 0 Å². The van der Waals surface area contributed by atoms with Crippen LogP contribution in [0.3, 0.4) is 0 Å². The Hall–Kier alpha value is -0.120. The maximum atomic E-state index is 8.74.